The van der Waals surface area contributed by atoms with Crippen LogP contribution in [0, 0.1) is 22.0 Å². The van der Waals surface area contributed by atoms with Crippen LogP contribution < -0.4 is 48.3 Å². The van der Waals surface area contributed by atoms with Crippen LogP contribution >= 0.6 is 22.7 Å². The average Bonchev–Trinajstić information content (AvgIpc) is 3.96. The first-order chi connectivity index (χ1) is 36.4. The summed E-state index contributed by atoms with van der Waals surface area (Å²) in [5, 5.41) is 44.9. The first-order valence-electron chi connectivity index (χ1n) is 25.5. The monoisotopic (exact) mass is 1110 g/mol. The van der Waals surface area contributed by atoms with Gasteiger partial charge in [-0.3, -0.25) is 19.7 Å². The molecule has 2 aliphatic rings. The zero-order chi connectivity index (χ0) is 54.6. The van der Waals surface area contributed by atoms with Crippen molar-refractivity contribution in [3.8, 4) is 0 Å². The van der Waals surface area contributed by atoms with Crippen molar-refractivity contribution in [3.05, 3.63) is 116 Å². The molecule has 0 unspecified atom stereocenters. The number of thiazole rings is 2. The molecule has 0 radical (unpaired) electrons. The van der Waals surface area contributed by atoms with Gasteiger partial charge in [-0.15, -0.1) is 0 Å². The summed E-state index contributed by atoms with van der Waals surface area (Å²) < 4.78 is 0. The molecular weight excluding hydrogens is 1030 g/mol. The van der Waals surface area contributed by atoms with E-state index in [1.807, 2.05) is 50.2 Å². The zero-order valence-corrected chi connectivity index (χ0v) is 45.7. The maximum Gasteiger partial charge on any atom is 0.293 e. The Hall–Kier alpha value is -7.08. The number of aromatic nitrogens is 2. The second-order valence-electron chi connectivity index (χ2n) is 20.1. The molecule has 20 nitrogen and oxygen atoms in total. The first kappa shape index (κ1) is 61.8. The highest BCUT2D eigenvalue weighted by Gasteiger charge is 2.25. The summed E-state index contributed by atoms with van der Waals surface area (Å²) in [5.74, 6) is 0.292. The molecule has 4 aromatic carbocycles. The van der Waals surface area contributed by atoms with E-state index in [-0.39, 0.29) is 79.4 Å². The molecule has 422 valence electrons. The quantitative estimate of drug-likeness (QED) is 0.0140. The number of carbonyl (C=O) groups excluding carboxylic acids is 2. The van der Waals surface area contributed by atoms with E-state index < -0.39 is 10.7 Å². The number of nitrogens with two attached hydrogens (primary N) is 3. The van der Waals surface area contributed by atoms with Crippen molar-refractivity contribution in [1.82, 2.24) is 19.8 Å². The first-order valence-corrected chi connectivity index (χ1v) is 27.2. The van der Waals surface area contributed by atoms with Gasteiger partial charge in [0.05, 0.1) is 29.5 Å². The fraction of sp³-hybridized carbons (Fsp3) is 0.429. The highest BCUT2D eigenvalue weighted by Crippen LogP contribution is 2.35. The van der Waals surface area contributed by atoms with Gasteiger partial charge in [-0.2, -0.15) is 0 Å². The van der Waals surface area contributed by atoms with Gasteiger partial charge >= 0.3 is 0 Å². The molecule has 0 spiro atoms. The zero-order valence-electron chi connectivity index (χ0n) is 44.1. The smallest absolute Gasteiger partial charge is 0.293 e. The number of nitrogen functional groups attached to an aromatic ring is 3. The van der Waals surface area contributed by atoms with Crippen LogP contribution in [-0.2, 0) is 0 Å². The van der Waals surface area contributed by atoms with Gasteiger partial charge in [-0.25, -0.2) is 9.97 Å². The van der Waals surface area contributed by atoms with Gasteiger partial charge in [-0.05, 0) is 118 Å². The molecule has 8 rings (SSSR count). The molecule has 12 N–H and O–H groups in total. The lowest BCUT2D eigenvalue weighted by atomic mass is 10.0. The Kier molecular flexibility index (Phi) is 22.6. The number of aliphatic hydroxyl groups is 2. The minimum Gasteiger partial charge on any atom is -0.397 e. The Balaban J connectivity index is 0.000000281. The molecule has 22 heteroatoms. The minimum atomic E-state index is -0.544. The van der Waals surface area contributed by atoms with Gasteiger partial charge in [0, 0.05) is 104 Å². The van der Waals surface area contributed by atoms with Crippen molar-refractivity contribution in [3.63, 3.8) is 0 Å². The number of carbonyl (C=O) groups is 2. The Bertz CT molecular complexity index is 2900. The number of nitrogens with zero attached hydrogens (tertiary/aromatic N) is 7. The second kappa shape index (κ2) is 28.5. The predicted octanol–water partition coefficient (Wildman–Crippen LogP) is 9.30. The number of likely N-dealkylation sites (N-methyl/N-ethyl adjacent to an activating group) is 2. The van der Waals surface area contributed by atoms with Crippen molar-refractivity contribution < 1.29 is 24.7 Å². The molecule has 0 saturated carbocycles. The maximum atomic E-state index is 13.3. The molecule has 0 bridgehead atoms. The van der Waals surface area contributed by atoms with E-state index in [9.17, 15) is 29.9 Å². The predicted molar refractivity (Wildman–Crippen MR) is 324 cm³/mol. The molecule has 0 amide bonds. The number of nitro groups is 1. The Morgan fingerprint density at radius 2 is 1.00 bits per heavy atom. The number of nitro benzene ring substituents is 1. The highest BCUT2D eigenvalue weighted by molar-refractivity contribution is 7.18. The molecular formula is C56H80N14O6S2. The third-order valence-electron chi connectivity index (χ3n) is 13.1. The van der Waals surface area contributed by atoms with Crippen molar-refractivity contribution >= 4 is 102 Å². The molecule has 6 aromatic rings. The Morgan fingerprint density at radius 1 is 0.615 bits per heavy atom. The van der Waals surface area contributed by atoms with Crippen LogP contribution in [0.3, 0.4) is 0 Å². The number of anilines is 11. The lowest BCUT2D eigenvalue weighted by molar-refractivity contribution is -0.384. The van der Waals surface area contributed by atoms with E-state index in [1.54, 1.807) is 18.2 Å². The maximum absolute atomic E-state index is 13.3. The number of hydrogen-bond acceptors (Lipinski definition) is 21. The second-order valence-corrected chi connectivity index (χ2v) is 22.1. The number of piperazine rings is 2. The largest absolute Gasteiger partial charge is 0.397 e. The van der Waals surface area contributed by atoms with Crippen LogP contribution in [0.5, 0.6) is 0 Å². The van der Waals surface area contributed by atoms with E-state index in [0.29, 0.717) is 50.3 Å². The van der Waals surface area contributed by atoms with E-state index >= 15 is 0 Å². The molecule has 2 saturated heterocycles. The fourth-order valence-electron chi connectivity index (χ4n) is 8.96. The van der Waals surface area contributed by atoms with Crippen LogP contribution in [0.25, 0.3) is 0 Å². The molecule has 0 aliphatic carbocycles. The van der Waals surface area contributed by atoms with E-state index in [2.05, 4.69) is 90.9 Å². The van der Waals surface area contributed by atoms with Gasteiger partial charge in [0.15, 0.2) is 10.3 Å². The molecule has 78 heavy (non-hydrogen) atoms. The van der Waals surface area contributed by atoms with Crippen LogP contribution in [0.2, 0.25) is 0 Å². The third-order valence-corrected chi connectivity index (χ3v) is 15.1. The number of rotatable bonds is 21. The fourth-order valence-corrected chi connectivity index (χ4v) is 10.7. The van der Waals surface area contributed by atoms with Crippen LogP contribution in [0.15, 0.2) is 84.9 Å². The van der Waals surface area contributed by atoms with Crippen LogP contribution in [0.4, 0.5) is 67.4 Å². The van der Waals surface area contributed by atoms with Gasteiger partial charge in [0.1, 0.15) is 27.1 Å². The molecule has 2 aliphatic heterocycles. The average molecular weight is 1110 g/mol. The summed E-state index contributed by atoms with van der Waals surface area (Å²) >= 11 is 2.32. The highest BCUT2D eigenvalue weighted by atomic mass is 32.1. The molecule has 2 atom stereocenters. The number of benzene rings is 4. The van der Waals surface area contributed by atoms with Crippen molar-refractivity contribution in [1.29, 1.82) is 0 Å². The number of aliphatic hydroxyl groups excluding tert-OH is 2. The van der Waals surface area contributed by atoms with E-state index in [4.69, 9.17) is 17.2 Å². The van der Waals surface area contributed by atoms with Crippen molar-refractivity contribution in [2.75, 3.05) is 128 Å². The lowest BCUT2D eigenvalue weighted by Crippen LogP contribution is -2.44. The summed E-state index contributed by atoms with van der Waals surface area (Å²) in [6.07, 6.45) is 1.45. The standard InChI is InChI=1S/C27H35N7O4S.C27H37N7O2S.2CH4/c1-17(2)14-20(16-35)29-22-9-4-18(15-23(22)34(37)38)24(36)25-26(28)31-27(39-25)30-19-5-7-21(8-6-19)33-12-10-32(3)11-13-33;1-17(2)14-20(16-35)30-23-9-4-18(15-22(23)28)24(36)25-26(29)32-27(37-25)31-19-5-7-21(8-6-19)34-12-10-33(3)11-13-34;;/h4-9,15,17,20,29,35H,10-14,16,28H2,1-3H3,(H,30,31);4-9,15,17,20,30,35H,10-14,16,28-29H2,1-3H3,(H,31,32);2*1H4/t2*20-;;/m11../s1. The number of ketones is 2. The third kappa shape index (κ3) is 16.5. The van der Waals surface area contributed by atoms with Gasteiger partial charge in [0.2, 0.25) is 11.6 Å². The van der Waals surface area contributed by atoms with Crippen LogP contribution in [-0.4, -0.2) is 138 Å². The van der Waals surface area contributed by atoms with Gasteiger partial charge in [0.25, 0.3) is 5.69 Å². The number of nitrogens with one attached hydrogen (secondary N) is 4. The summed E-state index contributed by atoms with van der Waals surface area (Å²) in [6.45, 7) is 16.2. The van der Waals surface area contributed by atoms with Crippen molar-refractivity contribution in [2.24, 2.45) is 11.8 Å². The van der Waals surface area contributed by atoms with Crippen molar-refractivity contribution in [2.45, 2.75) is 67.5 Å². The Labute approximate surface area is 467 Å². The van der Waals surface area contributed by atoms with Gasteiger partial charge < -0.3 is 68.3 Å². The van der Waals surface area contributed by atoms with Crippen LogP contribution in [0.1, 0.15) is 85.9 Å². The lowest BCUT2D eigenvalue weighted by Gasteiger charge is -2.34. The summed E-state index contributed by atoms with van der Waals surface area (Å²) in [5.41, 5.74) is 24.2. The minimum absolute atomic E-state index is 0. The molecule has 2 fully saturated rings. The SMILES string of the molecule is C.C.CC(C)C[C@H](CO)Nc1ccc(C(=O)c2sc(Nc3ccc(N4CCN(C)CC4)cc3)nc2N)cc1N.CC(C)C[C@H](CO)Nc1ccc(C(=O)c2sc(Nc3ccc(N4CCN(C)CC4)cc3)nc2N)cc1[N+](=O)[O-]. The normalized spacial score (nSPS) is 14.6. The summed E-state index contributed by atoms with van der Waals surface area (Å²) in [4.78, 5) is 56.3. The van der Waals surface area contributed by atoms with Gasteiger partial charge in [-0.1, -0.05) is 65.2 Å². The topological polar surface area (TPSA) is 283 Å². The number of hydrogen-bond donors (Lipinski definition) is 9. The molecule has 4 heterocycles. The van der Waals surface area contributed by atoms with E-state index in [1.165, 1.54) is 35.2 Å². The molecule has 2 aromatic heterocycles. The summed E-state index contributed by atoms with van der Waals surface area (Å²) in [6, 6.07) is 25.1. The Morgan fingerprint density at radius 3 is 1.37 bits per heavy atom. The summed E-state index contributed by atoms with van der Waals surface area (Å²) in [7, 11) is 4.27. The van der Waals surface area contributed by atoms with E-state index in [0.717, 1.165) is 87.2 Å².